The molecule has 0 fully saturated rings. The summed E-state index contributed by atoms with van der Waals surface area (Å²) in [7, 11) is 1.65. The number of carbonyl (C=O) groups excluding carboxylic acids is 1. The number of nitrogens with two attached hydrogens (primary N) is 1. The van der Waals surface area contributed by atoms with E-state index >= 15 is 0 Å². The lowest BCUT2D eigenvalue weighted by molar-refractivity contribution is -0.142. The van der Waals surface area contributed by atoms with Crippen LogP contribution in [0.15, 0.2) is 18.2 Å². The average molecular weight is 264 g/mol. The lowest BCUT2D eigenvalue weighted by Crippen LogP contribution is -2.37. The van der Waals surface area contributed by atoms with E-state index in [1.807, 2.05) is 32.0 Å². The van der Waals surface area contributed by atoms with Gasteiger partial charge in [-0.1, -0.05) is 23.8 Å². The van der Waals surface area contributed by atoms with Crippen LogP contribution < -0.4 is 5.73 Å². The van der Waals surface area contributed by atoms with Gasteiger partial charge in [-0.05, 0) is 25.0 Å². The zero-order valence-corrected chi connectivity index (χ0v) is 11.5. The first-order valence-corrected chi connectivity index (χ1v) is 6.09. The first kappa shape index (κ1) is 15.2. The van der Waals surface area contributed by atoms with Gasteiger partial charge in [-0.2, -0.15) is 0 Å². The Morgan fingerprint density at radius 1 is 1.37 bits per heavy atom. The lowest BCUT2D eigenvalue weighted by Gasteiger charge is -2.20. The highest BCUT2D eigenvalue weighted by molar-refractivity contribution is 5.84. The van der Waals surface area contributed by atoms with Gasteiger partial charge in [0.05, 0.1) is 6.42 Å². The van der Waals surface area contributed by atoms with Gasteiger partial charge in [0.2, 0.25) is 5.91 Å². The quantitative estimate of drug-likeness (QED) is 0.833. The lowest BCUT2D eigenvalue weighted by atomic mass is 10.1. The molecule has 0 spiro atoms. The van der Waals surface area contributed by atoms with Gasteiger partial charge in [-0.3, -0.25) is 9.59 Å². The summed E-state index contributed by atoms with van der Waals surface area (Å²) >= 11 is 0. The van der Waals surface area contributed by atoms with Crippen LogP contribution in [0.1, 0.15) is 23.1 Å². The number of benzene rings is 1. The number of carbonyl (C=O) groups is 2. The molecule has 1 aromatic carbocycles. The third kappa shape index (κ3) is 4.37. The molecule has 0 aliphatic heterocycles. The van der Waals surface area contributed by atoms with Crippen LogP contribution in [0, 0.1) is 13.8 Å². The summed E-state index contributed by atoms with van der Waals surface area (Å²) in [6, 6.07) is 4.90. The zero-order chi connectivity index (χ0) is 14.6. The van der Waals surface area contributed by atoms with Crippen molar-refractivity contribution in [1.82, 2.24) is 4.90 Å². The first-order chi connectivity index (χ1) is 8.81. The Labute approximate surface area is 113 Å². The SMILES string of the molecule is Cc1ccc(C)c(CN(C)C(=O)CC(N)C(=O)O)c1. The second-order valence-electron chi connectivity index (χ2n) is 4.83. The zero-order valence-electron chi connectivity index (χ0n) is 11.5. The molecule has 5 heteroatoms. The number of hydrogen-bond acceptors (Lipinski definition) is 3. The first-order valence-electron chi connectivity index (χ1n) is 6.09. The summed E-state index contributed by atoms with van der Waals surface area (Å²) in [5, 5.41) is 8.69. The summed E-state index contributed by atoms with van der Waals surface area (Å²) in [6.07, 6.45) is -0.184. The van der Waals surface area contributed by atoms with Gasteiger partial charge in [0, 0.05) is 13.6 Å². The van der Waals surface area contributed by atoms with Crippen molar-refractivity contribution in [3.8, 4) is 0 Å². The number of rotatable bonds is 5. The molecule has 19 heavy (non-hydrogen) atoms. The van der Waals surface area contributed by atoms with Crippen molar-refractivity contribution in [3.63, 3.8) is 0 Å². The van der Waals surface area contributed by atoms with Gasteiger partial charge in [0.1, 0.15) is 6.04 Å². The van der Waals surface area contributed by atoms with Crippen molar-refractivity contribution in [2.24, 2.45) is 5.73 Å². The number of hydrogen-bond donors (Lipinski definition) is 2. The minimum Gasteiger partial charge on any atom is -0.480 e. The molecule has 0 radical (unpaired) electrons. The smallest absolute Gasteiger partial charge is 0.321 e. The summed E-state index contributed by atoms with van der Waals surface area (Å²) in [5.41, 5.74) is 8.64. The fourth-order valence-electron chi connectivity index (χ4n) is 1.75. The molecule has 1 unspecified atom stereocenters. The van der Waals surface area contributed by atoms with E-state index in [0.29, 0.717) is 6.54 Å². The summed E-state index contributed by atoms with van der Waals surface area (Å²) in [4.78, 5) is 24.0. The Morgan fingerprint density at radius 2 is 2.00 bits per heavy atom. The molecule has 1 atom stereocenters. The van der Waals surface area contributed by atoms with E-state index in [9.17, 15) is 9.59 Å². The summed E-state index contributed by atoms with van der Waals surface area (Å²) in [5.74, 6) is -1.43. The van der Waals surface area contributed by atoms with Crippen LogP contribution >= 0.6 is 0 Å². The number of aryl methyl sites for hydroxylation is 2. The molecule has 0 heterocycles. The maximum absolute atomic E-state index is 11.8. The highest BCUT2D eigenvalue weighted by Crippen LogP contribution is 2.13. The van der Waals surface area contributed by atoms with Crippen LogP contribution in [0.3, 0.4) is 0 Å². The molecule has 104 valence electrons. The van der Waals surface area contributed by atoms with Crippen LogP contribution in [0.25, 0.3) is 0 Å². The molecule has 0 saturated carbocycles. The minimum absolute atomic E-state index is 0.184. The van der Waals surface area contributed by atoms with Gasteiger partial charge >= 0.3 is 5.97 Å². The molecule has 1 aromatic rings. The Morgan fingerprint density at radius 3 is 2.58 bits per heavy atom. The molecule has 0 aliphatic rings. The van der Waals surface area contributed by atoms with Crippen molar-refractivity contribution in [1.29, 1.82) is 0 Å². The number of nitrogens with zero attached hydrogens (tertiary/aromatic N) is 1. The van der Waals surface area contributed by atoms with E-state index in [1.165, 1.54) is 4.90 Å². The second-order valence-corrected chi connectivity index (χ2v) is 4.83. The predicted molar refractivity (Wildman–Crippen MR) is 72.6 cm³/mol. The number of carboxylic acid groups (broad SMARTS) is 1. The third-order valence-electron chi connectivity index (χ3n) is 3.05. The Hall–Kier alpha value is -1.88. The predicted octanol–water partition coefficient (Wildman–Crippen LogP) is 1.06. The standard InChI is InChI=1S/C14H20N2O3/c1-9-4-5-10(2)11(6-9)8-16(3)13(17)7-12(15)14(18)19/h4-6,12H,7-8,15H2,1-3H3,(H,18,19). The van der Waals surface area contributed by atoms with Gasteiger partial charge in [0.15, 0.2) is 0 Å². The molecular weight excluding hydrogens is 244 g/mol. The van der Waals surface area contributed by atoms with Gasteiger partial charge in [-0.15, -0.1) is 0 Å². The summed E-state index contributed by atoms with van der Waals surface area (Å²) < 4.78 is 0. The molecule has 1 rings (SSSR count). The monoisotopic (exact) mass is 264 g/mol. The Kier molecular flexibility index (Phi) is 5.06. The van der Waals surface area contributed by atoms with Gasteiger partial charge in [-0.25, -0.2) is 0 Å². The maximum Gasteiger partial charge on any atom is 0.321 e. The number of carboxylic acids is 1. The van der Waals surface area contributed by atoms with Crippen molar-refractivity contribution in [3.05, 3.63) is 34.9 Å². The highest BCUT2D eigenvalue weighted by atomic mass is 16.4. The van der Waals surface area contributed by atoms with Crippen molar-refractivity contribution in [2.75, 3.05) is 7.05 Å². The molecular formula is C14H20N2O3. The number of amides is 1. The maximum atomic E-state index is 11.8. The van der Waals surface area contributed by atoms with Crippen LogP contribution in [0.2, 0.25) is 0 Å². The van der Waals surface area contributed by atoms with Crippen LogP contribution in [0.5, 0.6) is 0 Å². The average Bonchev–Trinajstić information content (AvgIpc) is 2.33. The Balaban J connectivity index is 2.68. The minimum atomic E-state index is -1.16. The normalized spacial score (nSPS) is 12.0. The molecule has 0 bridgehead atoms. The molecule has 0 aromatic heterocycles. The molecule has 1 amide bonds. The molecule has 0 saturated heterocycles. The van der Waals surface area contributed by atoms with E-state index in [1.54, 1.807) is 7.05 Å². The van der Waals surface area contributed by atoms with E-state index < -0.39 is 12.0 Å². The van der Waals surface area contributed by atoms with Gasteiger partial charge in [0.25, 0.3) is 0 Å². The van der Waals surface area contributed by atoms with Crippen LogP contribution in [-0.4, -0.2) is 35.0 Å². The molecule has 3 N–H and O–H groups in total. The number of aliphatic carboxylic acids is 1. The van der Waals surface area contributed by atoms with Crippen molar-refractivity contribution < 1.29 is 14.7 Å². The summed E-state index contributed by atoms with van der Waals surface area (Å²) in [6.45, 7) is 4.43. The fraction of sp³-hybridized carbons (Fsp3) is 0.429. The van der Waals surface area contributed by atoms with E-state index in [-0.39, 0.29) is 12.3 Å². The van der Waals surface area contributed by atoms with E-state index in [0.717, 1.165) is 16.7 Å². The fourth-order valence-corrected chi connectivity index (χ4v) is 1.75. The topological polar surface area (TPSA) is 83.6 Å². The third-order valence-corrected chi connectivity index (χ3v) is 3.05. The van der Waals surface area contributed by atoms with Crippen molar-refractivity contribution in [2.45, 2.75) is 32.9 Å². The highest BCUT2D eigenvalue weighted by Gasteiger charge is 2.19. The van der Waals surface area contributed by atoms with E-state index in [2.05, 4.69) is 0 Å². The van der Waals surface area contributed by atoms with Gasteiger partial charge < -0.3 is 15.7 Å². The van der Waals surface area contributed by atoms with Crippen LogP contribution in [0.4, 0.5) is 0 Å². The molecule has 5 nitrogen and oxygen atoms in total. The largest absolute Gasteiger partial charge is 0.480 e. The second kappa shape index (κ2) is 6.33. The van der Waals surface area contributed by atoms with Crippen LogP contribution in [-0.2, 0) is 16.1 Å². The molecule has 0 aliphatic carbocycles. The Bertz CT molecular complexity index is 486. The van der Waals surface area contributed by atoms with Crippen molar-refractivity contribution >= 4 is 11.9 Å². The van der Waals surface area contributed by atoms with E-state index in [4.69, 9.17) is 10.8 Å².